The van der Waals surface area contributed by atoms with Crippen molar-refractivity contribution in [1.82, 2.24) is 10.6 Å². The average molecular weight is 419 g/mol. The molecule has 1 fully saturated rings. The Kier molecular flexibility index (Phi) is 9.22. The standard InChI is InChI=1S/C16H25N3O2.HI/c1-17-16(19-14-7-8-14)18-12-13-5-3-6-15(11-13)21-10-4-9-20-2;/h3,5-6,11,14H,4,7-10,12H2,1-2H3,(H2,17,18,19);1H. The van der Waals surface area contributed by atoms with E-state index in [9.17, 15) is 0 Å². The van der Waals surface area contributed by atoms with Crippen LogP contribution < -0.4 is 15.4 Å². The largest absolute Gasteiger partial charge is 0.493 e. The fourth-order valence-electron chi connectivity index (χ4n) is 1.94. The SMILES string of the molecule is CN=C(NCc1cccc(OCCCOC)c1)NC1CC1.I. The van der Waals surface area contributed by atoms with Crippen molar-refractivity contribution >= 4 is 29.9 Å². The smallest absolute Gasteiger partial charge is 0.191 e. The molecule has 6 heteroatoms. The number of nitrogens with zero attached hydrogens (tertiary/aromatic N) is 1. The lowest BCUT2D eigenvalue weighted by Crippen LogP contribution is -2.38. The third kappa shape index (κ3) is 7.31. The van der Waals surface area contributed by atoms with Crippen molar-refractivity contribution in [2.24, 2.45) is 4.99 Å². The lowest BCUT2D eigenvalue weighted by Gasteiger charge is -2.12. The zero-order valence-electron chi connectivity index (χ0n) is 13.3. The van der Waals surface area contributed by atoms with Crippen molar-refractivity contribution in [3.8, 4) is 5.75 Å². The summed E-state index contributed by atoms with van der Waals surface area (Å²) in [5.74, 6) is 1.76. The third-order valence-corrected chi connectivity index (χ3v) is 3.26. The Balaban J connectivity index is 0.00000242. The van der Waals surface area contributed by atoms with Crippen molar-refractivity contribution in [3.63, 3.8) is 0 Å². The molecule has 124 valence electrons. The molecule has 0 unspecified atom stereocenters. The van der Waals surface area contributed by atoms with E-state index in [4.69, 9.17) is 9.47 Å². The van der Waals surface area contributed by atoms with Crippen molar-refractivity contribution < 1.29 is 9.47 Å². The van der Waals surface area contributed by atoms with Gasteiger partial charge in [-0.05, 0) is 30.5 Å². The predicted molar refractivity (Wildman–Crippen MR) is 100 cm³/mol. The highest BCUT2D eigenvalue weighted by atomic mass is 127. The van der Waals surface area contributed by atoms with Crippen LogP contribution in [0.3, 0.4) is 0 Å². The molecule has 0 amide bonds. The van der Waals surface area contributed by atoms with Gasteiger partial charge in [0.15, 0.2) is 5.96 Å². The van der Waals surface area contributed by atoms with Gasteiger partial charge in [0, 0.05) is 39.8 Å². The summed E-state index contributed by atoms with van der Waals surface area (Å²) in [5, 5.41) is 6.69. The van der Waals surface area contributed by atoms with Crippen LogP contribution in [-0.4, -0.2) is 39.4 Å². The molecule has 5 nitrogen and oxygen atoms in total. The average Bonchev–Trinajstić information content (AvgIpc) is 3.32. The maximum atomic E-state index is 5.70. The first-order valence-electron chi connectivity index (χ1n) is 7.49. The summed E-state index contributed by atoms with van der Waals surface area (Å²) in [5.41, 5.74) is 1.18. The molecule has 2 rings (SSSR count). The normalized spacial score (nSPS) is 14.2. The fourth-order valence-corrected chi connectivity index (χ4v) is 1.94. The van der Waals surface area contributed by atoms with E-state index in [2.05, 4.69) is 27.8 Å². The van der Waals surface area contributed by atoms with E-state index in [0.717, 1.165) is 31.3 Å². The zero-order valence-corrected chi connectivity index (χ0v) is 15.6. The summed E-state index contributed by atoms with van der Waals surface area (Å²) in [4.78, 5) is 4.23. The first-order chi connectivity index (χ1) is 10.3. The van der Waals surface area contributed by atoms with Crippen LogP contribution in [0, 0.1) is 0 Å². The van der Waals surface area contributed by atoms with E-state index < -0.39 is 0 Å². The topological polar surface area (TPSA) is 54.9 Å². The van der Waals surface area contributed by atoms with Crippen LogP contribution in [0.25, 0.3) is 0 Å². The molecule has 0 heterocycles. The lowest BCUT2D eigenvalue weighted by atomic mass is 10.2. The van der Waals surface area contributed by atoms with Crippen LogP contribution in [-0.2, 0) is 11.3 Å². The van der Waals surface area contributed by atoms with Crippen molar-refractivity contribution in [3.05, 3.63) is 29.8 Å². The Morgan fingerprint density at radius 1 is 1.32 bits per heavy atom. The zero-order chi connectivity index (χ0) is 14.9. The number of halogens is 1. The molecule has 0 saturated heterocycles. The second-order valence-electron chi connectivity index (χ2n) is 5.19. The number of nitrogens with one attached hydrogen (secondary N) is 2. The van der Waals surface area contributed by atoms with Gasteiger partial charge in [0.1, 0.15) is 5.75 Å². The lowest BCUT2D eigenvalue weighted by molar-refractivity contribution is 0.172. The third-order valence-electron chi connectivity index (χ3n) is 3.26. The second-order valence-corrected chi connectivity index (χ2v) is 5.19. The van der Waals surface area contributed by atoms with E-state index >= 15 is 0 Å². The molecule has 1 aliphatic rings. The summed E-state index contributed by atoms with van der Waals surface area (Å²) >= 11 is 0. The van der Waals surface area contributed by atoms with Crippen LogP contribution >= 0.6 is 24.0 Å². The maximum absolute atomic E-state index is 5.70. The van der Waals surface area contributed by atoms with Crippen LogP contribution in [0.4, 0.5) is 0 Å². The van der Waals surface area contributed by atoms with Crippen molar-refractivity contribution in [2.45, 2.75) is 31.8 Å². The summed E-state index contributed by atoms with van der Waals surface area (Å²) in [6, 6.07) is 8.74. The number of guanidine groups is 1. The number of hydrogen-bond acceptors (Lipinski definition) is 3. The molecule has 1 aliphatic carbocycles. The maximum Gasteiger partial charge on any atom is 0.191 e. The van der Waals surface area contributed by atoms with Gasteiger partial charge in [0.05, 0.1) is 6.61 Å². The minimum absolute atomic E-state index is 0. The van der Waals surface area contributed by atoms with E-state index in [1.165, 1.54) is 18.4 Å². The van der Waals surface area contributed by atoms with Gasteiger partial charge < -0.3 is 20.1 Å². The van der Waals surface area contributed by atoms with Gasteiger partial charge in [-0.1, -0.05) is 12.1 Å². The Labute approximate surface area is 149 Å². The number of ether oxygens (including phenoxy) is 2. The molecule has 0 atom stereocenters. The number of aliphatic imine (C=N–C) groups is 1. The minimum Gasteiger partial charge on any atom is -0.493 e. The minimum atomic E-state index is 0. The van der Waals surface area contributed by atoms with E-state index in [1.54, 1.807) is 14.2 Å². The molecule has 1 saturated carbocycles. The van der Waals surface area contributed by atoms with Gasteiger partial charge in [0.25, 0.3) is 0 Å². The Morgan fingerprint density at radius 2 is 2.14 bits per heavy atom. The molecule has 0 aromatic heterocycles. The summed E-state index contributed by atoms with van der Waals surface area (Å²) in [6.07, 6.45) is 3.38. The Morgan fingerprint density at radius 3 is 2.82 bits per heavy atom. The number of rotatable bonds is 8. The molecule has 2 N–H and O–H groups in total. The first kappa shape index (κ1) is 19.0. The molecule has 0 radical (unpaired) electrons. The van der Waals surface area contributed by atoms with Crippen LogP contribution in [0.15, 0.2) is 29.3 Å². The summed E-state index contributed by atoms with van der Waals surface area (Å²) < 4.78 is 10.7. The first-order valence-corrected chi connectivity index (χ1v) is 7.49. The highest BCUT2D eigenvalue weighted by Crippen LogP contribution is 2.18. The van der Waals surface area contributed by atoms with E-state index in [-0.39, 0.29) is 24.0 Å². The highest BCUT2D eigenvalue weighted by molar-refractivity contribution is 14.0. The summed E-state index contributed by atoms with van der Waals surface area (Å²) in [6.45, 7) is 2.14. The molecular formula is C16H26IN3O2. The quantitative estimate of drug-likeness (QED) is 0.294. The monoisotopic (exact) mass is 419 g/mol. The molecular weight excluding hydrogens is 393 g/mol. The van der Waals surface area contributed by atoms with Crippen LogP contribution in [0.5, 0.6) is 5.75 Å². The van der Waals surface area contributed by atoms with Crippen molar-refractivity contribution in [1.29, 1.82) is 0 Å². The molecule has 0 spiro atoms. The summed E-state index contributed by atoms with van der Waals surface area (Å²) in [7, 11) is 3.50. The highest BCUT2D eigenvalue weighted by Gasteiger charge is 2.21. The molecule has 0 bridgehead atoms. The van der Waals surface area contributed by atoms with Crippen molar-refractivity contribution in [2.75, 3.05) is 27.4 Å². The second kappa shape index (κ2) is 10.7. The molecule has 22 heavy (non-hydrogen) atoms. The Hall–Kier alpha value is -1.02. The van der Waals surface area contributed by atoms with Crippen LogP contribution in [0.2, 0.25) is 0 Å². The predicted octanol–water partition coefficient (Wildman–Crippen LogP) is 2.55. The van der Waals surface area contributed by atoms with Gasteiger partial charge in [0.2, 0.25) is 0 Å². The van der Waals surface area contributed by atoms with Gasteiger partial charge >= 0.3 is 0 Å². The fraction of sp³-hybridized carbons (Fsp3) is 0.562. The van der Waals surface area contributed by atoms with Gasteiger partial charge in [-0.25, -0.2) is 0 Å². The van der Waals surface area contributed by atoms with Gasteiger partial charge in [-0.15, -0.1) is 24.0 Å². The van der Waals surface area contributed by atoms with E-state index in [0.29, 0.717) is 12.6 Å². The van der Waals surface area contributed by atoms with Gasteiger partial charge in [-0.2, -0.15) is 0 Å². The number of benzene rings is 1. The van der Waals surface area contributed by atoms with E-state index in [1.807, 2.05) is 12.1 Å². The molecule has 1 aromatic rings. The van der Waals surface area contributed by atoms with Crippen LogP contribution in [0.1, 0.15) is 24.8 Å². The van der Waals surface area contributed by atoms with Gasteiger partial charge in [-0.3, -0.25) is 4.99 Å². The molecule has 1 aromatic carbocycles. The number of methoxy groups -OCH3 is 1. The molecule has 0 aliphatic heterocycles. The Bertz CT molecular complexity index is 464. The number of hydrogen-bond donors (Lipinski definition) is 2.